The molecular formula is C14H17N3O3. The number of hydrogen-bond acceptors (Lipinski definition) is 5. The van der Waals surface area contributed by atoms with Gasteiger partial charge >= 0.3 is 5.97 Å². The second kappa shape index (κ2) is 6.72. The number of methoxy groups -OCH3 is 1. The largest absolute Gasteiger partial charge is 0.497 e. The van der Waals surface area contributed by atoms with Crippen molar-refractivity contribution in [2.24, 2.45) is 4.99 Å². The van der Waals surface area contributed by atoms with Gasteiger partial charge in [0.15, 0.2) is 0 Å². The summed E-state index contributed by atoms with van der Waals surface area (Å²) in [5.74, 6) is -0.0970. The molecule has 1 heterocycles. The van der Waals surface area contributed by atoms with E-state index in [4.69, 9.17) is 9.84 Å². The van der Waals surface area contributed by atoms with E-state index in [9.17, 15) is 4.79 Å². The summed E-state index contributed by atoms with van der Waals surface area (Å²) in [5, 5.41) is 14.7. The monoisotopic (exact) mass is 275 g/mol. The highest BCUT2D eigenvalue weighted by Crippen LogP contribution is 2.18. The Bertz CT molecular complexity index is 535. The predicted octanol–water partition coefficient (Wildman–Crippen LogP) is 0.929. The molecule has 0 radical (unpaired) electrons. The maximum atomic E-state index is 10.5. The van der Waals surface area contributed by atoms with Crippen molar-refractivity contribution < 1.29 is 14.6 Å². The lowest BCUT2D eigenvalue weighted by molar-refractivity contribution is -0.135. The van der Waals surface area contributed by atoms with E-state index in [1.165, 1.54) is 0 Å². The average Bonchev–Trinajstić information content (AvgIpc) is 2.46. The summed E-state index contributed by atoms with van der Waals surface area (Å²) in [6.45, 7) is 1.18. The number of carboxylic acids is 1. The Morgan fingerprint density at radius 2 is 2.15 bits per heavy atom. The number of nitrogens with one attached hydrogen (secondary N) is 2. The van der Waals surface area contributed by atoms with E-state index in [1.807, 2.05) is 30.3 Å². The summed E-state index contributed by atoms with van der Waals surface area (Å²) in [6, 6.07) is 7.45. The molecule has 1 aliphatic heterocycles. The number of aliphatic carboxylic acids is 1. The molecule has 0 amide bonds. The lowest BCUT2D eigenvalue weighted by Crippen LogP contribution is -2.36. The van der Waals surface area contributed by atoms with Gasteiger partial charge in [-0.3, -0.25) is 9.79 Å². The lowest BCUT2D eigenvalue weighted by atomic mass is 10.2. The zero-order valence-corrected chi connectivity index (χ0v) is 11.2. The first kappa shape index (κ1) is 14.1. The van der Waals surface area contributed by atoms with Crippen molar-refractivity contribution in [3.63, 3.8) is 0 Å². The highest BCUT2D eigenvalue weighted by atomic mass is 16.5. The molecule has 0 saturated carbocycles. The van der Waals surface area contributed by atoms with Crippen LogP contribution in [0.2, 0.25) is 0 Å². The van der Waals surface area contributed by atoms with Crippen molar-refractivity contribution in [2.45, 2.75) is 0 Å². The first-order chi connectivity index (χ1) is 9.67. The van der Waals surface area contributed by atoms with Gasteiger partial charge in [-0.25, -0.2) is 0 Å². The minimum Gasteiger partial charge on any atom is -0.497 e. The van der Waals surface area contributed by atoms with Crippen LogP contribution in [0.15, 0.2) is 41.0 Å². The summed E-state index contributed by atoms with van der Waals surface area (Å²) in [6.07, 6.45) is 1.88. The quantitative estimate of drug-likeness (QED) is 0.744. The second-order valence-corrected chi connectivity index (χ2v) is 4.32. The molecule has 0 spiro atoms. The summed E-state index contributed by atoms with van der Waals surface area (Å²) in [5.41, 5.74) is 2.51. The van der Waals surface area contributed by atoms with E-state index >= 15 is 0 Å². The van der Waals surface area contributed by atoms with E-state index in [-0.39, 0.29) is 6.54 Å². The number of carbonyl (C=O) groups is 1. The van der Waals surface area contributed by atoms with E-state index in [2.05, 4.69) is 15.6 Å². The van der Waals surface area contributed by atoms with Crippen LogP contribution in [0, 0.1) is 0 Å². The molecule has 20 heavy (non-hydrogen) atoms. The molecule has 6 nitrogen and oxygen atoms in total. The Hall–Kier alpha value is -2.34. The lowest BCUT2D eigenvalue weighted by Gasteiger charge is -2.16. The van der Waals surface area contributed by atoms with Crippen LogP contribution in [-0.2, 0) is 4.79 Å². The fourth-order valence-electron chi connectivity index (χ4n) is 1.83. The minimum absolute atomic E-state index is 0.0939. The third-order valence-electron chi connectivity index (χ3n) is 2.77. The predicted molar refractivity (Wildman–Crippen MR) is 76.7 cm³/mol. The van der Waals surface area contributed by atoms with Crippen LogP contribution in [0.5, 0.6) is 5.75 Å². The molecule has 0 aliphatic carbocycles. The average molecular weight is 275 g/mol. The van der Waals surface area contributed by atoms with E-state index < -0.39 is 5.97 Å². The normalized spacial score (nSPS) is 16.6. The first-order valence-electron chi connectivity index (χ1n) is 6.26. The van der Waals surface area contributed by atoms with Gasteiger partial charge in [0, 0.05) is 18.8 Å². The number of benzene rings is 1. The smallest absolute Gasteiger partial charge is 0.322 e. The van der Waals surface area contributed by atoms with E-state index in [1.54, 1.807) is 7.11 Å². The third-order valence-corrected chi connectivity index (χ3v) is 2.77. The van der Waals surface area contributed by atoms with Crippen molar-refractivity contribution in [1.29, 1.82) is 0 Å². The molecule has 0 bridgehead atoms. The number of nitrogens with zero attached hydrogens (tertiary/aromatic N) is 1. The van der Waals surface area contributed by atoms with Crippen LogP contribution in [0.1, 0.15) is 0 Å². The van der Waals surface area contributed by atoms with Gasteiger partial charge < -0.3 is 20.5 Å². The Balaban J connectivity index is 2.07. The second-order valence-electron chi connectivity index (χ2n) is 4.32. The molecule has 6 heteroatoms. The highest BCUT2D eigenvalue weighted by molar-refractivity contribution is 5.99. The topological polar surface area (TPSA) is 83.0 Å². The van der Waals surface area contributed by atoms with Gasteiger partial charge in [-0.2, -0.15) is 0 Å². The standard InChI is InChI=1S/C14H17N3O3/c1-20-13-4-2-10(3-5-13)17-12-6-11(7-15-8-12)16-9-14(18)19/h2-6,15-16H,7-9H2,1H3,(H,18,19)/b17-12-. The summed E-state index contributed by atoms with van der Waals surface area (Å²) < 4.78 is 5.09. The molecule has 0 unspecified atom stereocenters. The van der Waals surface area contributed by atoms with Gasteiger partial charge in [-0.1, -0.05) is 0 Å². The highest BCUT2D eigenvalue weighted by Gasteiger charge is 2.08. The van der Waals surface area contributed by atoms with Crippen LogP contribution >= 0.6 is 0 Å². The molecule has 0 fully saturated rings. The zero-order chi connectivity index (χ0) is 14.4. The van der Waals surface area contributed by atoms with E-state index in [0.717, 1.165) is 22.8 Å². The number of hydrogen-bond donors (Lipinski definition) is 3. The summed E-state index contributed by atoms with van der Waals surface area (Å²) in [7, 11) is 1.62. The van der Waals surface area contributed by atoms with Crippen molar-refractivity contribution in [2.75, 3.05) is 26.7 Å². The van der Waals surface area contributed by atoms with Crippen LogP contribution in [0.4, 0.5) is 5.69 Å². The molecule has 0 aromatic heterocycles. The molecule has 0 saturated heterocycles. The van der Waals surface area contributed by atoms with Crippen molar-refractivity contribution in [3.05, 3.63) is 36.0 Å². The van der Waals surface area contributed by atoms with Gasteiger partial charge in [-0.05, 0) is 30.3 Å². The number of ether oxygens (including phenoxy) is 1. The molecule has 106 valence electrons. The van der Waals surface area contributed by atoms with Gasteiger partial charge in [-0.15, -0.1) is 0 Å². The first-order valence-corrected chi connectivity index (χ1v) is 6.26. The fraction of sp³-hybridized carbons (Fsp3) is 0.286. The number of aliphatic imine (C=N–C) groups is 1. The SMILES string of the molecule is COc1ccc(/N=C2/C=C(NCC(=O)O)CNC2)cc1. The molecular weight excluding hydrogens is 258 g/mol. The van der Waals surface area contributed by atoms with Gasteiger partial charge in [0.1, 0.15) is 12.3 Å². The van der Waals surface area contributed by atoms with Crippen molar-refractivity contribution in [3.8, 4) is 5.75 Å². The Morgan fingerprint density at radius 1 is 1.40 bits per heavy atom. The fourth-order valence-corrected chi connectivity index (χ4v) is 1.83. The van der Waals surface area contributed by atoms with Crippen molar-refractivity contribution in [1.82, 2.24) is 10.6 Å². The number of carboxylic acid groups (broad SMARTS) is 1. The molecule has 2 rings (SSSR count). The third kappa shape index (κ3) is 4.10. The molecule has 1 aromatic carbocycles. The Labute approximate surface area is 117 Å². The summed E-state index contributed by atoms with van der Waals surface area (Å²) >= 11 is 0. The van der Waals surface area contributed by atoms with E-state index in [0.29, 0.717) is 13.1 Å². The summed E-state index contributed by atoms with van der Waals surface area (Å²) in [4.78, 5) is 15.0. The molecule has 1 aromatic rings. The van der Waals surface area contributed by atoms with Gasteiger partial charge in [0.25, 0.3) is 0 Å². The van der Waals surface area contributed by atoms with Gasteiger partial charge in [0.05, 0.1) is 18.5 Å². The zero-order valence-electron chi connectivity index (χ0n) is 11.2. The Kier molecular flexibility index (Phi) is 4.73. The van der Waals surface area contributed by atoms with Crippen LogP contribution in [0.25, 0.3) is 0 Å². The minimum atomic E-state index is -0.884. The molecule has 1 aliphatic rings. The van der Waals surface area contributed by atoms with Crippen LogP contribution < -0.4 is 15.4 Å². The van der Waals surface area contributed by atoms with Gasteiger partial charge in [0.2, 0.25) is 0 Å². The van der Waals surface area contributed by atoms with Crippen molar-refractivity contribution >= 4 is 17.4 Å². The Morgan fingerprint density at radius 3 is 2.80 bits per heavy atom. The molecule has 0 atom stereocenters. The molecule has 3 N–H and O–H groups in total. The van der Waals surface area contributed by atoms with Crippen LogP contribution in [0.3, 0.4) is 0 Å². The van der Waals surface area contributed by atoms with Crippen LogP contribution in [-0.4, -0.2) is 43.5 Å². The maximum absolute atomic E-state index is 10.5. The number of rotatable bonds is 5. The maximum Gasteiger partial charge on any atom is 0.322 e.